The molecule has 1 atom stereocenters. The molecule has 0 aliphatic carbocycles. The molecule has 1 aliphatic heterocycles. The molecule has 8 nitrogen and oxygen atoms in total. The molecule has 1 aliphatic rings. The van der Waals surface area contributed by atoms with Gasteiger partial charge in [-0.25, -0.2) is 9.79 Å². The second-order valence-corrected chi connectivity index (χ2v) is 11.6. The third kappa shape index (κ3) is 5.55. The van der Waals surface area contributed by atoms with Gasteiger partial charge in [-0.15, -0.1) is 0 Å². The molecule has 1 aromatic heterocycles. The zero-order chi connectivity index (χ0) is 31.5. The van der Waals surface area contributed by atoms with Crippen molar-refractivity contribution in [3.8, 4) is 17.2 Å². The first-order chi connectivity index (χ1) is 21.2. The van der Waals surface area contributed by atoms with E-state index in [1.807, 2.05) is 61.5 Å². The first-order valence-electron chi connectivity index (χ1n) is 14.4. The minimum Gasteiger partial charge on any atom is -0.496 e. The average molecular weight is 613 g/mol. The summed E-state index contributed by atoms with van der Waals surface area (Å²) in [6, 6.07) is 18.2. The highest BCUT2D eigenvalue weighted by Gasteiger charge is 2.36. The summed E-state index contributed by atoms with van der Waals surface area (Å²) in [5.74, 6) is 1.43. The molecule has 9 heteroatoms. The molecule has 0 fully saturated rings. The van der Waals surface area contributed by atoms with Crippen LogP contribution in [0.4, 0.5) is 0 Å². The molecule has 0 amide bonds. The van der Waals surface area contributed by atoms with E-state index in [4.69, 9.17) is 23.9 Å². The number of thiazole rings is 1. The second kappa shape index (κ2) is 12.9. The lowest BCUT2D eigenvalue weighted by atomic mass is 9.87. The van der Waals surface area contributed by atoms with Crippen LogP contribution in [-0.4, -0.2) is 38.5 Å². The number of aryl methyl sites for hydroxylation is 1. The monoisotopic (exact) mass is 612 g/mol. The number of ether oxygens (including phenoxy) is 4. The Morgan fingerprint density at radius 2 is 1.73 bits per heavy atom. The molecule has 0 radical (unpaired) electrons. The smallest absolute Gasteiger partial charge is 0.338 e. The van der Waals surface area contributed by atoms with Crippen molar-refractivity contribution in [3.05, 3.63) is 114 Å². The van der Waals surface area contributed by atoms with Crippen molar-refractivity contribution in [2.45, 2.75) is 39.7 Å². The zero-order valence-corrected chi connectivity index (χ0v) is 26.8. The standard InChI is InChI=1S/C35H36N2O6S/c1-8-43-34(39)29-30(22-13-10-9-11-14-22)36-35-37(31(29)25-19-24(20(2)3)27(41-6)17-21(25)4)33(38)28(44-35)18-23-15-12-16-26(40-5)32(23)42-7/h9-20,31H,8H2,1-7H3/b28-18-/t31-/m1/s1. The lowest BCUT2D eigenvalue weighted by Gasteiger charge is -2.28. The molecule has 0 N–H and O–H groups in total. The van der Waals surface area contributed by atoms with Crippen LogP contribution in [0.1, 0.15) is 60.5 Å². The summed E-state index contributed by atoms with van der Waals surface area (Å²) in [6.07, 6.45) is 1.78. The Morgan fingerprint density at radius 1 is 1.00 bits per heavy atom. The first kappa shape index (κ1) is 30.8. The number of rotatable bonds is 9. The maximum atomic E-state index is 14.4. The van der Waals surface area contributed by atoms with E-state index in [0.717, 1.165) is 28.0 Å². The quantitative estimate of drug-likeness (QED) is 0.236. The molecule has 4 aromatic rings. The molecule has 2 heterocycles. The maximum absolute atomic E-state index is 14.4. The number of para-hydroxylation sites is 1. The summed E-state index contributed by atoms with van der Waals surface area (Å²) in [4.78, 5) is 33.7. The highest BCUT2D eigenvalue weighted by molar-refractivity contribution is 7.07. The average Bonchev–Trinajstić information content (AvgIpc) is 3.34. The molecule has 0 unspecified atom stereocenters. The predicted octanol–water partition coefficient (Wildman–Crippen LogP) is 5.39. The maximum Gasteiger partial charge on any atom is 0.338 e. The summed E-state index contributed by atoms with van der Waals surface area (Å²) in [5, 5.41) is 0. The van der Waals surface area contributed by atoms with Gasteiger partial charge in [0, 0.05) is 11.1 Å². The third-order valence-corrected chi connectivity index (χ3v) is 8.61. The second-order valence-electron chi connectivity index (χ2n) is 10.6. The summed E-state index contributed by atoms with van der Waals surface area (Å²) in [7, 11) is 4.78. The minimum atomic E-state index is -0.793. The van der Waals surface area contributed by atoms with Crippen LogP contribution in [0.2, 0.25) is 0 Å². The van der Waals surface area contributed by atoms with Crippen molar-refractivity contribution >= 4 is 29.1 Å². The van der Waals surface area contributed by atoms with E-state index in [9.17, 15) is 9.59 Å². The van der Waals surface area contributed by atoms with Crippen LogP contribution in [0.3, 0.4) is 0 Å². The summed E-state index contributed by atoms with van der Waals surface area (Å²) in [6.45, 7) is 8.07. The van der Waals surface area contributed by atoms with Gasteiger partial charge in [-0.2, -0.15) is 0 Å². The van der Waals surface area contributed by atoms with Gasteiger partial charge in [0.05, 0.1) is 49.8 Å². The van der Waals surface area contributed by atoms with Gasteiger partial charge in [0.2, 0.25) is 0 Å². The molecule has 5 rings (SSSR count). The van der Waals surface area contributed by atoms with Gasteiger partial charge in [-0.1, -0.05) is 67.6 Å². The number of fused-ring (bicyclic) bond motifs is 1. The van der Waals surface area contributed by atoms with Crippen LogP contribution in [0, 0.1) is 6.92 Å². The Kier molecular flexibility index (Phi) is 9.06. The van der Waals surface area contributed by atoms with Gasteiger partial charge in [0.1, 0.15) is 5.75 Å². The number of esters is 1. The normalized spacial score (nSPS) is 14.7. The lowest BCUT2D eigenvalue weighted by Crippen LogP contribution is -2.40. The van der Waals surface area contributed by atoms with Crippen molar-refractivity contribution in [1.82, 2.24) is 4.57 Å². The van der Waals surface area contributed by atoms with Gasteiger partial charge in [-0.05, 0) is 60.7 Å². The van der Waals surface area contributed by atoms with Gasteiger partial charge in [-0.3, -0.25) is 9.36 Å². The lowest BCUT2D eigenvalue weighted by molar-refractivity contribution is -0.138. The fourth-order valence-corrected chi connectivity index (χ4v) is 6.53. The van der Waals surface area contributed by atoms with Crippen molar-refractivity contribution in [1.29, 1.82) is 0 Å². The van der Waals surface area contributed by atoms with E-state index in [1.165, 1.54) is 11.3 Å². The van der Waals surface area contributed by atoms with Crippen LogP contribution < -0.4 is 29.1 Å². The van der Waals surface area contributed by atoms with E-state index in [1.54, 1.807) is 45.0 Å². The van der Waals surface area contributed by atoms with E-state index >= 15 is 0 Å². The molecule has 0 spiro atoms. The Hall–Kier alpha value is -4.63. The number of hydrogen-bond donors (Lipinski definition) is 0. The largest absolute Gasteiger partial charge is 0.496 e. The van der Waals surface area contributed by atoms with Gasteiger partial charge in [0.15, 0.2) is 16.3 Å². The van der Waals surface area contributed by atoms with Crippen LogP contribution >= 0.6 is 11.3 Å². The fraction of sp³-hybridized carbons (Fsp3) is 0.286. The molecular weight excluding hydrogens is 576 g/mol. The molecule has 3 aromatic carbocycles. The molecule has 0 bridgehead atoms. The van der Waals surface area contributed by atoms with Crippen LogP contribution in [-0.2, 0) is 9.53 Å². The Labute approximate surface area is 260 Å². The van der Waals surface area contributed by atoms with Gasteiger partial charge in [0.25, 0.3) is 5.56 Å². The fourth-order valence-electron chi connectivity index (χ4n) is 5.54. The number of hydrogen-bond acceptors (Lipinski definition) is 8. The SMILES string of the molecule is CCOC(=O)C1=C(c2ccccc2)N=c2s/c(=C\c3cccc(OC)c3OC)c(=O)n2[C@@H]1c1cc(C(C)C)c(OC)cc1C. The molecular formula is C35H36N2O6S. The predicted molar refractivity (Wildman–Crippen MR) is 172 cm³/mol. The summed E-state index contributed by atoms with van der Waals surface area (Å²) >= 11 is 1.26. The number of methoxy groups -OCH3 is 3. The first-order valence-corrected chi connectivity index (χ1v) is 15.2. The van der Waals surface area contributed by atoms with Crippen LogP contribution in [0.25, 0.3) is 11.8 Å². The number of aromatic nitrogens is 1. The number of carbonyl (C=O) groups is 1. The molecule has 0 saturated heterocycles. The van der Waals surface area contributed by atoms with Crippen molar-refractivity contribution < 1.29 is 23.7 Å². The Balaban J connectivity index is 1.89. The number of benzene rings is 3. The van der Waals surface area contributed by atoms with Crippen molar-refractivity contribution in [2.75, 3.05) is 27.9 Å². The Bertz CT molecular complexity index is 1920. The van der Waals surface area contributed by atoms with Gasteiger partial charge < -0.3 is 18.9 Å². The van der Waals surface area contributed by atoms with E-state index < -0.39 is 12.0 Å². The van der Waals surface area contributed by atoms with E-state index in [2.05, 4.69) is 13.8 Å². The molecule has 228 valence electrons. The van der Waals surface area contributed by atoms with Crippen LogP contribution in [0.5, 0.6) is 17.2 Å². The highest BCUT2D eigenvalue weighted by atomic mass is 32.1. The third-order valence-electron chi connectivity index (χ3n) is 7.63. The summed E-state index contributed by atoms with van der Waals surface area (Å²) < 4.78 is 24.5. The topological polar surface area (TPSA) is 88.4 Å². The highest BCUT2D eigenvalue weighted by Crippen LogP contribution is 2.40. The van der Waals surface area contributed by atoms with Crippen LogP contribution in [0.15, 0.2) is 76.0 Å². The number of nitrogens with zero attached hydrogens (tertiary/aromatic N) is 2. The summed E-state index contributed by atoms with van der Waals surface area (Å²) in [5.41, 5.74) is 4.58. The molecule has 44 heavy (non-hydrogen) atoms. The minimum absolute atomic E-state index is 0.129. The van der Waals surface area contributed by atoms with Crippen molar-refractivity contribution in [3.63, 3.8) is 0 Å². The van der Waals surface area contributed by atoms with Crippen molar-refractivity contribution in [2.24, 2.45) is 4.99 Å². The number of carbonyl (C=O) groups excluding carboxylic acids is 1. The molecule has 0 saturated carbocycles. The van der Waals surface area contributed by atoms with Gasteiger partial charge >= 0.3 is 5.97 Å². The van der Waals surface area contributed by atoms with E-state index in [-0.39, 0.29) is 18.1 Å². The zero-order valence-electron chi connectivity index (χ0n) is 26.0. The Morgan fingerprint density at radius 3 is 2.36 bits per heavy atom. The van der Waals surface area contributed by atoms with E-state index in [0.29, 0.717) is 37.7 Å².